The van der Waals surface area contributed by atoms with Gasteiger partial charge in [0.25, 0.3) is 0 Å². The van der Waals surface area contributed by atoms with Gasteiger partial charge in [0.05, 0.1) is 4.92 Å². The highest BCUT2D eigenvalue weighted by molar-refractivity contribution is 5.59. The Morgan fingerprint density at radius 1 is 1.58 bits per heavy atom. The van der Waals surface area contributed by atoms with Crippen molar-refractivity contribution in [3.05, 3.63) is 39.6 Å². The van der Waals surface area contributed by atoms with Gasteiger partial charge in [0, 0.05) is 24.8 Å². The Hall–Kier alpha value is -1.95. The first kappa shape index (κ1) is 13.5. The van der Waals surface area contributed by atoms with Crippen LogP contribution in [0, 0.1) is 17.0 Å². The van der Waals surface area contributed by atoms with Gasteiger partial charge in [-0.1, -0.05) is 11.6 Å². The SMILES string of the molecule is Cc1ccnc(NCCC2=CCNCC2)c1[N+](=O)[O-]. The fourth-order valence-electron chi connectivity index (χ4n) is 2.15. The summed E-state index contributed by atoms with van der Waals surface area (Å²) >= 11 is 0. The quantitative estimate of drug-likeness (QED) is 0.482. The third-order valence-electron chi connectivity index (χ3n) is 3.21. The second kappa shape index (κ2) is 6.29. The normalized spacial score (nSPS) is 14.9. The van der Waals surface area contributed by atoms with E-state index in [0.29, 0.717) is 17.9 Å². The molecule has 2 rings (SSSR count). The van der Waals surface area contributed by atoms with Gasteiger partial charge in [-0.25, -0.2) is 4.98 Å². The number of nitrogens with zero attached hydrogens (tertiary/aromatic N) is 2. The van der Waals surface area contributed by atoms with E-state index in [0.717, 1.165) is 25.9 Å². The Kier molecular flexibility index (Phi) is 4.46. The average Bonchev–Trinajstić information content (AvgIpc) is 2.39. The van der Waals surface area contributed by atoms with E-state index >= 15 is 0 Å². The third-order valence-corrected chi connectivity index (χ3v) is 3.21. The smallest absolute Gasteiger partial charge is 0.314 e. The Labute approximate surface area is 112 Å². The van der Waals surface area contributed by atoms with Crippen LogP contribution in [0.1, 0.15) is 18.4 Å². The molecule has 0 unspecified atom stereocenters. The van der Waals surface area contributed by atoms with Gasteiger partial charge in [-0.2, -0.15) is 0 Å². The summed E-state index contributed by atoms with van der Waals surface area (Å²) in [7, 11) is 0. The van der Waals surface area contributed by atoms with Crippen molar-refractivity contribution >= 4 is 11.5 Å². The molecule has 6 nitrogen and oxygen atoms in total. The number of nitro groups is 1. The molecule has 0 fully saturated rings. The zero-order valence-electron chi connectivity index (χ0n) is 11.0. The number of hydrogen-bond acceptors (Lipinski definition) is 5. The van der Waals surface area contributed by atoms with Crippen molar-refractivity contribution in [3.63, 3.8) is 0 Å². The van der Waals surface area contributed by atoms with E-state index in [1.807, 2.05) is 0 Å². The van der Waals surface area contributed by atoms with Gasteiger partial charge >= 0.3 is 5.69 Å². The number of nitrogens with one attached hydrogen (secondary N) is 2. The zero-order valence-corrected chi connectivity index (χ0v) is 11.0. The average molecular weight is 262 g/mol. The molecule has 1 aromatic rings. The van der Waals surface area contributed by atoms with Crippen molar-refractivity contribution in [2.45, 2.75) is 19.8 Å². The lowest BCUT2D eigenvalue weighted by atomic mass is 10.1. The van der Waals surface area contributed by atoms with Crippen LogP contribution in [0.2, 0.25) is 0 Å². The van der Waals surface area contributed by atoms with E-state index in [-0.39, 0.29) is 10.6 Å². The fraction of sp³-hybridized carbons (Fsp3) is 0.462. The molecule has 0 radical (unpaired) electrons. The lowest BCUT2D eigenvalue weighted by Crippen LogP contribution is -2.21. The Balaban J connectivity index is 1.97. The molecule has 0 saturated heterocycles. The molecule has 6 heteroatoms. The van der Waals surface area contributed by atoms with Crippen LogP contribution in [-0.2, 0) is 0 Å². The molecule has 2 N–H and O–H groups in total. The van der Waals surface area contributed by atoms with E-state index < -0.39 is 0 Å². The van der Waals surface area contributed by atoms with Crippen LogP contribution >= 0.6 is 0 Å². The summed E-state index contributed by atoms with van der Waals surface area (Å²) in [5, 5.41) is 17.3. The van der Waals surface area contributed by atoms with Crippen molar-refractivity contribution < 1.29 is 4.92 Å². The number of aryl methyl sites for hydroxylation is 1. The largest absolute Gasteiger partial charge is 0.364 e. The Bertz CT molecular complexity index is 499. The van der Waals surface area contributed by atoms with Crippen LogP contribution in [0.4, 0.5) is 11.5 Å². The summed E-state index contributed by atoms with van der Waals surface area (Å²) in [5.74, 6) is 0.361. The highest BCUT2D eigenvalue weighted by atomic mass is 16.6. The maximum atomic E-state index is 11.0. The molecule has 1 aromatic heterocycles. The van der Waals surface area contributed by atoms with Gasteiger partial charge in [-0.3, -0.25) is 10.1 Å². The van der Waals surface area contributed by atoms with E-state index in [1.54, 1.807) is 19.2 Å². The van der Waals surface area contributed by atoms with Gasteiger partial charge in [0.2, 0.25) is 5.82 Å². The van der Waals surface area contributed by atoms with Crippen LogP contribution < -0.4 is 10.6 Å². The highest BCUT2D eigenvalue weighted by Gasteiger charge is 2.17. The van der Waals surface area contributed by atoms with Gasteiger partial charge < -0.3 is 10.6 Å². The van der Waals surface area contributed by atoms with Crippen LogP contribution in [0.15, 0.2) is 23.9 Å². The predicted octanol–water partition coefficient (Wildman–Crippen LogP) is 2.02. The first-order chi connectivity index (χ1) is 9.18. The van der Waals surface area contributed by atoms with Crippen molar-refractivity contribution in [1.29, 1.82) is 0 Å². The summed E-state index contributed by atoms with van der Waals surface area (Å²) in [6.45, 7) is 4.32. The van der Waals surface area contributed by atoms with Gasteiger partial charge in [-0.15, -0.1) is 0 Å². The number of hydrogen-bond donors (Lipinski definition) is 2. The van der Waals surface area contributed by atoms with Gasteiger partial charge in [-0.05, 0) is 32.4 Å². The molecule has 0 bridgehead atoms. The summed E-state index contributed by atoms with van der Waals surface area (Å²) in [4.78, 5) is 14.7. The maximum Gasteiger partial charge on any atom is 0.314 e. The second-order valence-electron chi connectivity index (χ2n) is 4.58. The monoisotopic (exact) mass is 262 g/mol. The number of aromatic nitrogens is 1. The van der Waals surface area contributed by atoms with E-state index in [9.17, 15) is 10.1 Å². The minimum Gasteiger partial charge on any atom is -0.364 e. The van der Waals surface area contributed by atoms with Crippen LogP contribution in [0.25, 0.3) is 0 Å². The number of rotatable bonds is 5. The second-order valence-corrected chi connectivity index (χ2v) is 4.58. The van der Waals surface area contributed by atoms with Crippen LogP contribution in [0.5, 0.6) is 0 Å². The third kappa shape index (κ3) is 3.51. The zero-order chi connectivity index (χ0) is 13.7. The Morgan fingerprint density at radius 2 is 2.42 bits per heavy atom. The topological polar surface area (TPSA) is 80.1 Å². The van der Waals surface area contributed by atoms with Crippen molar-refractivity contribution in [2.75, 3.05) is 25.0 Å². The predicted molar refractivity (Wildman–Crippen MR) is 74.3 cm³/mol. The lowest BCUT2D eigenvalue weighted by Gasteiger charge is -2.14. The highest BCUT2D eigenvalue weighted by Crippen LogP contribution is 2.25. The molecule has 1 aliphatic heterocycles. The molecule has 0 amide bonds. The van der Waals surface area contributed by atoms with E-state index in [4.69, 9.17) is 0 Å². The van der Waals surface area contributed by atoms with Crippen molar-refractivity contribution in [3.8, 4) is 0 Å². The summed E-state index contributed by atoms with van der Waals surface area (Å²) in [6.07, 6.45) is 5.72. The van der Waals surface area contributed by atoms with Crippen LogP contribution in [-0.4, -0.2) is 29.5 Å². The molecule has 0 saturated carbocycles. The number of pyridine rings is 1. The van der Waals surface area contributed by atoms with Gasteiger partial charge in [0.15, 0.2) is 0 Å². The molecule has 1 aliphatic rings. The lowest BCUT2D eigenvalue weighted by molar-refractivity contribution is -0.384. The summed E-state index contributed by atoms with van der Waals surface area (Å²) in [6, 6.07) is 1.65. The number of anilines is 1. The van der Waals surface area contributed by atoms with Crippen molar-refractivity contribution in [1.82, 2.24) is 10.3 Å². The van der Waals surface area contributed by atoms with E-state index in [1.165, 1.54) is 5.57 Å². The molecular weight excluding hydrogens is 244 g/mol. The Morgan fingerprint density at radius 3 is 3.11 bits per heavy atom. The standard InChI is InChI=1S/C13H18N4O2/c1-10-2-8-15-13(12(10)17(18)19)16-9-5-11-3-6-14-7-4-11/h2-3,8,14H,4-7,9H2,1H3,(H,15,16). The molecule has 19 heavy (non-hydrogen) atoms. The summed E-state index contributed by atoms with van der Waals surface area (Å²) < 4.78 is 0. The molecule has 0 aliphatic carbocycles. The minimum absolute atomic E-state index is 0.0711. The fourth-order valence-corrected chi connectivity index (χ4v) is 2.15. The van der Waals surface area contributed by atoms with Crippen molar-refractivity contribution in [2.24, 2.45) is 0 Å². The molecule has 102 valence electrons. The molecule has 0 aromatic carbocycles. The minimum atomic E-state index is -0.380. The molecule has 2 heterocycles. The van der Waals surface area contributed by atoms with Crippen LogP contribution in [0.3, 0.4) is 0 Å². The first-order valence-electron chi connectivity index (χ1n) is 6.41. The molecular formula is C13H18N4O2. The van der Waals surface area contributed by atoms with E-state index in [2.05, 4.69) is 21.7 Å². The first-order valence-corrected chi connectivity index (χ1v) is 6.41. The molecule has 0 atom stereocenters. The summed E-state index contributed by atoms with van der Waals surface area (Å²) in [5.41, 5.74) is 2.09. The maximum absolute atomic E-state index is 11.0. The van der Waals surface area contributed by atoms with Gasteiger partial charge in [0.1, 0.15) is 0 Å². The molecule has 0 spiro atoms.